The quantitative estimate of drug-likeness (QED) is 0.479. The van der Waals surface area contributed by atoms with Crippen molar-refractivity contribution >= 4 is 11.6 Å². The molecule has 1 aromatic rings. The Morgan fingerprint density at radius 3 is 3.00 bits per heavy atom. The first-order chi connectivity index (χ1) is 11.1. The van der Waals surface area contributed by atoms with E-state index in [4.69, 9.17) is 16.3 Å². The monoisotopic (exact) mass is 336 g/mol. The molecule has 8 heteroatoms. The summed E-state index contributed by atoms with van der Waals surface area (Å²) in [6.07, 6.45) is 3.84. The molecule has 0 amide bonds. The number of fused-ring (bicyclic) bond motifs is 4. The zero-order valence-electron chi connectivity index (χ0n) is 12.5. The lowest BCUT2D eigenvalue weighted by molar-refractivity contribution is -0.445. The van der Waals surface area contributed by atoms with Crippen LogP contribution in [-0.4, -0.2) is 45.1 Å². The Morgan fingerprint density at radius 2 is 2.26 bits per heavy atom. The maximum absolute atomic E-state index is 11.6. The van der Waals surface area contributed by atoms with Gasteiger partial charge in [0.25, 0.3) is 0 Å². The molecular formula is C15H17ClN4O3. The molecule has 23 heavy (non-hydrogen) atoms. The van der Waals surface area contributed by atoms with Crippen LogP contribution in [0.3, 0.4) is 0 Å². The van der Waals surface area contributed by atoms with Gasteiger partial charge in [-0.05, 0) is 30.9 Å². The van der Waals surface area contributed by atoms with E-state index in [9.17, 15) is 10.1 Å². The van der Waals surface area contributed by atoms with Crippen molar-refractivity contribution in [3.63, 3.8) is 0 Å². The maximum Gasteiger partial charge on any atom is 0.314 e. The zero-order chi connectivity index (χ0) is 16.0. The van der Waals surface area contributed by atoms with Gasteiger partial charge in [0, 0.05) is 25.8 Å². The van der Waals surface area contributed by atoms with Crippen LogP contribution in [-0.2, 0) is 11.3 Å². The Balaban J connectivity index is 1.70. The second kappa shape index (κ2) is 5.65. The van der Waals surface area contributed by atoms with Crippen molar-refractivity contribution in [2.45, 2.75) is 38.1 Å². The van der Waals surface area contributed by atoms with Crippen molar-refractivity contribution in [3.8, 4) is 0 Å². The van der Waals surface area contributed by atoms with Crippen LogP contribution in [0.15, 0.2) is 29.8 Å². The molecular weight excluding hydrogens is 320 g/mol. The predicted molar refractivity (Wildman–Crippen MR) is 82.9 cm³/mol. The highest BCUT2D eigenvalue weighted by Gasteiger charge is 2.49. The van der Waals surface area contributed by atoms with Crippen LogP contribution in [0.2, 0.25) is 5.15 Å². The molecule has 0 N–H and O–H groups in total. The molecule has 0 aliphatic carbocycles. The van der Waals surface area contributed by atoms with Crippen molar-refractivity contribution in [2.75, 3.05) is 13.1 Å². The van der Waals surface area contributed by atoms with Gasteiger partial charge in [-0.15, -0.1) is 0 Å². The Morgan fingerprint density at radius 1 is 1.39 bits per heavy atom. The van der Waals surface area contributed by atoms with Crippen LogP contribution in [0.1, 0.15) is 24.8 Å². The average Bonchev–Trinajstić information content (AvgIpc) is 2.94. The smallest absolute Gasteiger partial charge is 0.314 e. The standard InChI is InChI=1S/C15H17ClN4O3/c16-12-4-2-10(8-17-12)9-18-6-1-7-19-13-5-3-11(23-13)14(15(18)19)20(21)22/h2,4,8,11,13H,1,3,5-7,9H2. The summed E-state index contributed by atoms with van der Waals surface area (Å²) >= 11 is 5.83. The minimum Gasteiger partial charge on any atom is -0.348 e. The topological polar surface area (TPSA) is 71.7 Å². The van der Waals surface area contributed by atoms with Gasteiger partial charge in [0.1, 0.15) is 11.4 Å². The molecule has 2 bridgehead atoms. The van der Waals surface area contributed by atoms with E-state index in [0.717, 1.165) is 43.7 Å². The highest BCUT2D eigenvalue weighted by atomic mass is 35.5. The third kappa shape index (κ3) is 2.53. The number of rotatable bonds is 3. The molecule has 0 saturated carbocycles. The lowest BCUT2D eigenvalue weighted by Gasteiger charge is -2.44. The minimum absolute atomic E-state index is 0.0233. The van der Waals surface area contributed by atoms with E-state index in [-0.39, 0.29) is 23.0 Å². The van der Waals surface area contributed by atoms with E-state index >= 15 is 0 Å². The van der Waals surface area contributed by atoms with Crippen LogP contribution in [0.25, 0.3) is 0 Å². The molecule has 1 aromatic heterocycles. The fourth-order valence-electron chi connectivity index (χ4n) is 3.68. The molecule has 2 unspecified atom stereocenters. The summed E-state index contributed by atoms with van der Waals surface area (Å²) < 4.78 is 5.82. The first-order valence-corrected chi connectivity index (χ1v) is 8.17. The second-order valence-corrected chi connectivity index (χ2v) is 6.47. The van der Waals surface area contributed by atoms with E-state index in [0.29, 0.717) is 11.7 Å². The van der Waals surface area contributed by atoms with Crippen molar-refractivity contribution in [1.29, 1.82) is 0 Å². The van der Waals surface area contributed by atoms with E-state index in [2.05, 4.69) is 14.8 Å². The molecule has 4 heterocycles. The predicted octanol–water partition coefficient (Wildman–Crippen LogP) is 2.21. The summed E-state index contributed by atoms with van der Waals surface area (Å²) in [5.74, 6) is 0.731. The summed E-state index contributed by atoms with van der Waals surface area (Å²) in [6, 6.07) is 3.66. The maximum atomic E-state index is 11.6. The van der Waals surface area contributed by atoms with Gasteiger partial charge in [-0.25, -0.2) is 4.98 Å². The number of pyridine rings is 1. The molecule has 3 aliphatic rings. The van der Waals surface area contributed by atoms with E-state index in [1.807, 2.05) is 6.07 Å². The zero-order valence-corrected chi connectivity index (χ0v) is 13.3. The Kier molecular flexibility index (Phi) is 3.61. The van der Waals surface area contributed by atoms with Crippen LogP contribution >= 0.6 is 11.6 Å². The summed E-state index contributed by atoms with van der Waals surface area (Å²) in [4.78, 5) is 19.6. The van der Waals surface area contributed by atoms with Crippen molar-refractivity contribution < 1.29 is 9.66 Å². The molecule has 4 rings (SSSR count). The molecule has 2 saturated heterocycles. The number of nitrogens with zero attached hydrogens (tertiary/aromatic N) is 4. The summed E-state index contributed by atoms with van der Waals surface area (Å²) in [5, 5.41) is 12.1. The molecule has 7 nitrogen and oxygen atoms in total. The molecule has 0 spiro atoms. The van der Waals surface area contributed by atoms with Gasteiger partial charge >= 0.3 is 5.70 Å². The van der Waals surface area contributed by atoms with Crippen LogP contribution in [0, 0.1) is 10.1 Å². The normalized spacial score (nSPS) is 26.5. The number of hydrogen-bond donors (Lipinski definition) is 0. The largest absolute Gasteiger partial charge is 0.348 e. The number of aromatic nitrogens is 1. The van der Waals surface area contributed by atoms with E-state index < -0.39 is 0 Å². The minimum atomic E-state index is -0.384. The summed E-state index contributed by atoms with van der Waals surface area (Å²) in [5.41, 5.74) is 1.20. The Bertz CT molecular complexity index is 663. The number of hydrogen-bond acceptors (Lipinski definition) is 6. The molecule has 3 aliphatic heterocycles. The van der Waals surface area contributed by atoms with Crippen LogP contribution < -0.4 is 0 Å². The van der Waals surface area contributed by atoms with Crippen LogP contribution in [0.4, 0.5) is 0 Å². The van der Waals surface area contributed by atoms with Crippen molar-refractivity contribution in [3.05, 3.63) is 50.7 Å². The third-order valence-corrected chi connectivity index (χ3v) is 4.86. The summed E-state index contributed by atoms with van der Waals surface area (Å²) in [7, 11) is 0. The lowest BCUT2D eigenvalue weighted by Crippen LogP contribution is -2.51. The van der Waals surface area contributed by atoms with Gasteiger partial charge in [-0.3, -0.25) is 10.1 Å². The van der Waals surface area contributed by atoms with Crippen molar-refractivity contribution in [2.24, 2.45) is 0 Å². The number of nitro groups is 1. The van der Waals surface area contributed by atoms with Crippen LogP contribution in [0.5, 0.6) is 0 Å². The average molecular weight is 337 g/mol. The first-order valence-electron chi connectivity index (χ1n) is 7.79. The fraction of sp³-hybridized carbons (Fsp3) is 0.533. The Hall–Kier alpha value is -1.86. The van der Waals surface area contributed by atoms with Gasteiger partial charge in [0.05, 0.1) is 4.92 Å². The molecule has 2 fully saturated rings. The van der Waals surface area contributed by atoms with Gasteiger partial charge in [0.2, 0.25) is 0 Å². The summed E-state index contributed by atoms with van der Waals surface area (Å²) in [6.45, 7) is 2.19. The van der Waals surface area contributed by atoms with Gasteiger partial charge < -0.3 is 14.5 Å². The number of halogens is 1. The highest BCUT2D eigenvalue weighted by Crippen LogP contribution is 2.40. The Labute approximate surface area is 138 Å². The first kappa shape index (κ1) is 14.7. The van der Waals surface area contributed by atoms with Gasteiger partial charge in [-0.1, -0.05) is 17.7 Å². The molecule has 2 atom stereocenters. The second-order valence-electron chi connectivity index (χ2n) is 6.08. The van der Waals surface area contributed by atoms with Gasteiger partial charge in [0.15, 0.2) is 11.9 Å². The SMILES string of the molecule is O=[N+]([O-])C1=C2N(Cc3ccc(Cl)nc3)CCCN2C2CCC1O2. The molecule has 122 valence electrons. The lowest BCUT2D eigenvalue weighted by atomic mass is 10.1. The number of ether oxygens (including phenoxy) is 1. The molecule has 0 radical (unpaired) electrons. The van der Waals surface area contributed by atoms with Crippen molar-refractivity contribution in [1.82, 2.24) is 14.8 Å². The molecule has 0 aromatic carbocycles. The van der Waals surface area contributed by atoms with Gasteiger partial charge in [-0.2, -0.15) is 0 Å². The highest BCUT2D eigenvalue weighted by molar-refractivity contribution is 6.29. The van der Waals surface area contributed by atoms with E-state index in [1.165, 1.54) is 0 Å². The third-order valence-electron chi connectivity index (χ3n) is 4.64. The van der Waals surface area contributed by atoms with E-state index in [1.54, 1.807) is 12.3 Å². The fourth-order valence-corrected chi connectivity index (χ4v) is 3.79.